The van der Waals surface area contributed by atoms with E-state index in [0.29, 0.717) is 31.4 Å². The highest BCUT2D eigenvalue weighted by atomic mass is 35.5. The van der Waals surface area contributed by atoms with E-state index >= 15 is 0 Å². The molecular formula is C21H29ClF3N3O3S. The molecule has 2 aliphatic heterocycles. The Morgan fingerprint density at radius 2 is 1.81 bits per heavy atom. The van der Waals surface area contributed by atoms with E-state index in [9.17, 15) is 26.4 Å². The van der Waals surface area contributed by atoms with Gasteiger partial charge >= 0.3 is 6.18 Å². The lowest BCUT2D eigenvalue weighted by Crippen LogP contribution is -2.44. The van der Waals surface area contributed by atoms with E-state index in [1.54, 1.807) is 0 Å². The molecule has 0 spiro atoms. The Morgan fingerprint density at radius 1 is 1.19 bits per heavy atom. The quantitative estimate of drug-likeness (QED) is 0.627. The zero-order valence-corrected chi connectivity index (χ0v) is 19.6. The first kappa shape index (κ1) is 25.3. The zero-order chi connectivity index (χ0) is 23.5. The summed E-state index contributed by atoms with van der Waals surface area (Å²) in [5, 5.41) is 2.42. The number of piperidine rings is 1. The van der Waals surface area contributed by atoms with Gasteiger partial charge in [-0.1, -0.05) is 18.5 Å². The Hall–Kier alpha value is -1.36. The standard InChI is InChI=1S/C21H29ClF3N3O3S/c1-15(14-27-8-2-3-9-27)13-26-20(29)16-6-10-28(11-7-16)32(30,31)17-4-5-19(22)18(12-17)21(23,24)25/h4-5,12,15-16H,2-3,6-11,13-14H2,1H3,(H,26,29). The third-order valence-electron chi connectivity index (χ3n) is 6.10. The molecule has 2 aliphatic rings. The summed E-state index contributed by atoms with van der Waals surface area (Å²) in [5.74, 6) is -0.0807. The molecule has 1 amide bonds. The second-order valence-electron chi connectivity index (χ2n) is 8.68. The maximum absolute atomic E-state index is 13.1. The van der Waals surface area contributed by atoms with Crippen LogP contribution in [0, 0.1) is 11.8 Å². The van der Waals surface area contributed by atoms with Crippen LogP contribution in [-0.2, 0) is 21.0 Å². The summed E-state index contributed by atoms with van der Waals surface area (Å²) in [6.07, 6.45) is -1.67. The van der Waals surface area contributed by atoms with Crippen molar-refractivity contribution in [2.24, 2.45) is 11.8 Å². The Morgan fingerprint density at radius 3 is 2.41 bits per heavy atom. The third-order valence-corrected chi connectivity index (χ3v) is 8.32. The lowest BCUT2D eigenvalue weighted by atomic mass is 9.97. The van der Waals surface area contributed by atoms with Crippen molar-refractivity contribution < 1.29 is 26.4 Å². The average molecular weight is 496 g/mol. The van der Waals surface area contributed by atoms with Crippen LogP contribution < -0.4 is 5.32 Å². The molecule has 32 heavy (non-hydrogen) atoms. The number of sulfonamides is 1. The van der Waals surface area contributed by atoms with Gasteiger partial charge in [-0.2, -0.15) is 17.5 Å². The van der Waals surface area contributed by atoms with E-state index in [4.69, 9.17) is 11.6 Å². The number of alkyl halides is 3. The molecule has 3 rings (SSSR count). The first-order valence-electron chi connectivity index (χ1n) is 10.9. The van der Waals surface area contributed by atoms with Gasteiger partial charge in [0, 0.05) is 32.1 Å². The number of likely N-dealkylation sites (tertiary alicyclic amines) is 1. The van der Waals surface area contributed by atoms with Crippen LogP contribution in [0.4, 0.5) is 13.2 Å². The second kappa shape index (κ2) is 10.3. The monoisotopic (exact) mass is 495 g/mol. The lowest BCUT2D eigenvalue weighted by molar-refractivity contribution is -0.137. The normalized spacial score (nSPS) is 20.4. The van der Waals surface area contributed by atoms with E-state index in [0.717, 1.165) is 36.1 Å². The molecule has 2 heterocycles. The highest BCUT2D eigenvalue weighted by Crippen LogP contribution is 2.36. The fraction of sp³-hybridized carbons (Fsp3) is 0.667. The van der Waals surface area contributed by atoms with Crippen LogP contribution in [0.2, 0.25) is 5.02 Å². The molecule has 2 saturated heterocycles. The number of amides is 1. The molecule has 0 saturated carbocycles. The molecule has 1 N–H and O–H groups in total. The summed E-state index contributed by atoms with van der Waals surface area (Å²) in [4.78, 5) is 14.5. The van der Waals surface area contributed by atoms with Gasteiger partial charge in [0.05, 0.1) is 15.5 Å². The van der Waals surface area contributed by atoms with E-state index in [1.807, 2.05) is 0 Å². The summed E-state index contributed by atoms with van der Waals surface area (Å²) in [7, 11) is -4.11. The van der Waals surface area contributed by atoms with Crippen molar-refractivity contribution in [3.63, 3.8) is 0 Å². The van der Waals surface area contributed by atoms with Crippen molar-refractivity contribution in [2.45, 2.75) is 43.7 Å². The van der Waals surface area contributed by atoms with Gasteiger partial charge in [0.2, 0.25) is 15.9 Å². The smallest absolute Gasteiger partial charge is 0.356 e. The van der Waals surface area contributed by atoms with Gasteiger partial charge in [-0.05, 0) is 62.9 Å². The van der Waals surface area contributed by atoms with Crippen molar-refractivity contribution in [3.05, 3.63) is 28.8 Å². The van der Waals surface area contributed by atoms with Gasteiger partial charge in [-0.3, -0.25) is 4.79 Å². The number of hydrogen-bond donors (Lipinski definition) is 1. The maximum Gasteiger partial charge on any atom is 0.417 e. The van der Waals surface area contributed by atoms with Gasteiger partial charge < -0.3 is 10.2 Å². The Balaban J connectivity index is 1.53. The van der Waals surface area contributed by atoms with Crippen LogP contribution >= 0.6 is 11.6 Å². The van der Waals surface area contributed by atoms with Crippen LogP contribution in [0.1, 0.15) is 38.2 Å². The fourth-order valence-corrected chi connectivity index (χ4v) is 6.00. The van der Waals surface area contributed by atoms with E-state index in [2.05, 4.69) is 17.1 Å². The number of carbonyl (C=O) groups excluding carboxylic acids is 1. The summed E-state index contributed by atoms with van der Waals surface area (Å²) >= 11 is 5.59. The van der Waals surface area contributed by atoms with Crippen LogP contribution in [0.3, 0.4) is 0 Å². The molecule has 0 bridgehead atoms. The van der Waals surface area contributed by atoms with Crippen molar-refractivity contribution in [1.29, 1.82) is 0 Å². The number of benzene rings is 1. The van der Waals surface area contributed by atoms with Crippen molar-refractivity contribution in [1.82, 2.24) is 14.5 Å². The minimum absolute atomic E-state index is 0.0771. The van der Waals surface area contributed by atoms with Gasteiger partial charge in [-0.25, -0.2) is 8.42 Å². The molecule has 0 aromatic heterocycles. The molecule has 1 unspecified atom stereocenters. The van der Waals surface area contributed by atoms with Gasteiger partial charge in [0.15, 0.2) is 0 Å². The van der Waals surface area contributed by atoms with Crippen molar-refractivity contribution in [2.75, 3.05) is 39.3 Å². The molecular weight excluding hydrogens is 467 g/mol. The van der Waals surface area contributed by atoms with E-state index < -0.39 is 31.7 Å². The van der Waals surface area contributed by atoms with Crippen molar-refractivity contribution in [3.8, 4) is 0 Å². The molecule has 1 atom stereocenters. The lowest BCUT2D eigenvalue weighted by Gasteiger charge is -2.31. The molecule has 0 radical (unpaired) electrons. The predicted octanol–water partition coefficient (Wildman–Crippen LogP) is 3.61. The van der Waals surface area contributed by atoms with Crippen LogP contribution in [0.5, 0.6) is 0 Å². The number of halogens is 4. The van der Waals surface area contributed by atoms with Gasteiger partial charge in [-0.15, -0.1) is 0 Å². The van der Waals surface area contributed by atoms with E-state index in [-0.39, 0.29) is 24.9 Å². The highest BCUT2D eigenvalue weighted by Gasteiger charge is 2.37. The number of rotatable bonds is 7. The summed E-state index contributed by atoms with van der Waals surface area (Å²) in [5.41, 5.74) is -1.18. The summed E-state index contributed by atoms with van der Waals surface area (Å²) < 4.78 is 66.1. The Labute approximate surface area is 192 Å². The number of hydrogen-bond acceptors (Lipinski definition) is 4. The minimum Gasteiger partial charge on any atom is -0.356 e. The second-order valence-corrected chi connectivity index (χ2v) is 11.0. The number of nitrogens with one attached hydrogen (secondary N) is 1. The topological polar surface area (TPSA) is 69.7 Å². The number of nitrogens with zero attached hydrogens (tertiary/aromatic N) is 2. The average Bonchev–Trinajstić information content (AvgIpc) is 3.24. The molecule has 11 heteroatoms. The SMILES string of the molecule is CC(CNC(=O)C1CCN(S(=O)(=O)c2ccc(Cl)c(C(F)(F)F)c2)CC1)CN1CCCC1. The zero-order valence-electron chi connectivity index (χ0n) is 18.0. The molecule has 180 valence electrons. The summed E-state index contributed by atoms with van der Waals surface area (Å²) in [6.45, 7) is 5.96. The molecule has 1 aromatic rings. The maximum atomic E-state index is 13.1. The number of carbonyl (C=O) groups is 1. The Bertz CT molecular complexity index is 913. The van der Waals surface area contributed by atoms with Crippen LogP contribution in [-0.4, -0.2) is 62.8 Å². The van der Waals surface area contributed by atoms with Crippen LogP contribution in [0.25, 0.3) is 0 Å². The van der Waals surface area contributed by atoms with Gasteiger partial charge in [0.1, 0.15) is 0 Å². The summed E-state index contributed by atoms with van der Waals surface area (Å²) in [6, 6.07) is 2.59. The molecule has 1 aromatic carbocycles. The largest absolute Gasteiger partial charge is 0.417 e. The molecule has 6 nitrogen and oxygen atoms in total. The molecule has 2 fully saturated rings. The third kappa shape index (κ3) is 6.15. The highest BCUT2D eigenvalue weighted by molar-refractivity contribution is 7.89. The van der Waals surface area contributed by atoms with E-state index in [1.165, 1.54) is 12.8 Å². The fourth-order valence-electron chi connectivity index (χ4n) is 4.28. The van der Waals surface area contributed by atoms with Gasteiger partial charge in [0.25, 0.3) is 0 Å². The molecule has 0 aliphatic carbocycles. The van der Waals surface area contributed by atoms with Crippen molar-refractivity contribution >= 4 is 27.5 Å². The predicted molar refractivity (Wildman–Crippen MR) is 116 cm³/mol. The van der Waals surface area contributed by atoms with Crippen LogP contribution in [0.15, 0.2) is 23.1 Å². The first-order valence-corrected chi connectivity index (χ1v) is 12.7. The first-order chi connectivity index (χ1) is 15.0. The Kier molecular flexibility index (Phi) is 8.11. The minimum atomic E-state index is -4.75.